The smallest absolute Gasteiger partial charge is 0.0655 e. The van der Waals surface area contributed by atoms with Crippen molar-refractivity contribution >= 4 is 12.4 Å². The minimum Gasteiger partial charge on any atom is -0.378 e. The summed E-state index contributed by atoms with van der Waals surface area (Å²) >= 11 is 0. The third-order valence-corrected chi connectivity index (χ3v) is 5.49. The van der Waals surface area contributed by atoms with Crippen molar-refractivity contribution in [2.24, 2.45) is 10.8 Å². The molecule has 3 atom stereocenters. The molecule has 21 heavy (non-hydrogen) atoms. The Morgan fingerprint density at radius 3 is 2.43 bits per heavy atom. The highest BCUT2D eigenvalue weighted by Gasteiger charge is 2.52. The van der Waals surface area contributed by atoms with Gasteiger partial charge in [0.1, 0.15) is 0 Å². The van der Waals surface area contributed by atoms with Crippen molar-refractivity contribution in [1.82, 2.24) is 10.2 Å². The van der Waals surface area contributed by atoms with E-state index in [9.17, 15) is 0 Å². The van der Waals surface area contributed by atoms with Crippen LogP contribution in [0.5, 0.6) is 0 Å². The minimum absolute atomic E-state index is 0. The van der Waals surface area contributed by atoms with E-state index < -0.39 is 0 Å². The number of ether oxygens (including phenoxy) is 1. The summed E-state index contributed by atoms with van der Waals surface area (Å²) < 4.78 is 5.91. The maximum atomic E-state index is 5.91. The molecule has 1 N–H and O–H groups in total. The van der Waals surface area contributed by atoms with Gasteiger partial charge in [-0.05, 0) is 44.7 Å². The molecule has 4 heteroatoms. The Balaban J connectivity index is 0.00000220. The molecule has 126 valence electrons. The van der Waals surface area contributed by atoms with Gasteiger partial charge >= 0.3 is 0 Å². The number of rotatable bonds is 7. The van der Waals surface area contributed by atoms with Gasteiger partial charge < -0.3 is 10.1 Å². The van der Waals surface area contributed by atoms with Gasteiger partial charge in [-0.1, -0.05) is 27.7 Å². The van der Waals surface area contributed by atoms with E-state index in [0.717, 1.165) is 6.61 Å². The van der Waals surface area contributed by atoms with Crippen LogP contribution in [0.15, 0.2) is 0 Å². The van der Waals surface area contributed by atoms with E-state index in [2.05, 4.69) is 44.8 Å². The summed E-state index contributed by atoms with van der Waals surface area (Å²) in [5.74, 6) is 0. The van der Waals surface area contributed by atoms with Crippen molar-refractivity contribution in [3.8, 4) is 0 Å². The Labute approximate surface area is 137 Å². The van der Waals surface area contributed by atoms with E-state index in [-0.39, 0.29) is 12.4 Å². The average Bonchev–Trinajstić information content (AvgIpc) is 2.80. The first kappa shape index (κ1) is 19.2. The summed E-state index contributed by atoms with van der Waals surface area (Å²) in [4.78, 5) is 2.75. The Morgan fingerprint density at radius 1 is 1.24 bits per heavy atom. The first-order valence-electron chi connectivity index (χ1n) is 8.49. The highest BCUT2D eigenvalue weighted by molar-refractivity contribution is 5.85. The summed E-state index contributed by atoms with van der Waals surface area (Å²) in [6.07, 6.45) is 4.22. The standard InChI is InChI=1S/C17H34N2O.ClH/c1-6-10-19(13-17(5)8-9-18-12-17)14-11-15(20-7-2)16(14,3)4;/h14-15,18H,6-13H2,1-5H3;1H. The second-order valence-corrected chi connectivity index (χ2v) is 7.72. The fourth-order valence-electron chi connectivity index (χ4n) is 4.09. The maximum absolute atomic E-state index is 5.91. The predicted molar refractivity (Wildman–Crippen MR) is 92.3 cm³/mol. The summed E-state index contributed by atoms with van der Waals surface area (Å²) in [6, 6.07) is 0.691. The molecule has 1 heterocycles. The summed E-state index contributed by atoms with van der Waals surface area (Å²) in [5.41, 5.74) is 0.759. The lowest BCUT2D eigenvalue weighted by Gasteiger charge is -2.57. The number of nitrogens with zero attached hydrogens (tertiary/aromatic N) is 1. The van der Waals surface area contributed by atoms with Crippen molar-refractivity contribution in [2.75, 3.05) is 32.8 Å². The van der Waals surface area contributed by atoms with Gasteiger partial charge in [0, 0.05) is 31.2 Å². The van der Waals surface area contributed by atoms with Crippen LogP contribution in [0.25, 0.3) is 0 Å². The lowest BCUT2D eigenvalue weighted by molar-refractivity contribution is -0.154. The van der Waals surface area contributed by atoms with Crippen LogP contribution in [0.3, 0.4) is 0 Å². The van der Waals surface area contributed by atoms with Crippen molar-refractivity contribution in [1.29, 1.82) is 0 Å². The fraction of sp³-hybridized carbons (Fsp3) is 1.00. The first-order chi connectivity index (χ1) is 9.43. The molecular formula is C17H35ClN2O. The van der Waals surface area contributed by atoms with Crippen LogP contribution in [-0.2, 0) is 4.74 Å². The van der Waals surface area contributed by atoms with Gasteiger partial charge in [-0.3, -0.25) is 4.90 Å². The van der Waals surface area contributed by atoms with Crippen molar-refractivity contribution in [2.45, 2.75) is 66.0 Å². The molecule has 0 amide bonds. The molecule has 0 bridgehead atoms. The lowest BCUT2D eigenvalue weighted by Crippen LogP contribution is -2.63. The highest BCUT2D eigenvalue weighted by atomic mass is 35.5. The molecular weight excluding hydrogens is 284 g/mol. The van der Waals surface area contributed by atoms with E-state index >= 15 is 0 Å². The summed E-state index contributed by atoms with van der Waals surface area (Å²) in [6.45, 7) is 17.3. The lowest BCUT2D eigenvalue weighted by atomic mass is 9.63. The molecule has 0 aromatic heterocycles. The molecule has 2 aliphatic rings. The normalized spacial score (nSPS) is 34.6. The number of halogens is 1. The highest BCUT2D eigenvalue weighted by Crippen LogP contribution is 2.46. The van der Waals surface area contributed by atoms with Crippen LogP contribution in [0.4, 0.5) is 0 Å². The van der Waals surface area contributed by atoms with E-state index in [1.165, 1.54) is 45.4 Å². The van der Waals surface area contributed by atoms with Gasteiger partial charge in [-0.15, -0.1) is 12.4 Å². The Morgan fingerprint density at radius 2 is 1.95 bits per heavy atom. The van der Waals surface area contributed by atoms with Crippen LogP contribution in [0.1, 0.15) is 53.9 Å². The largest absolute Gasteiger partial charge is 0.378 e. The molecule has 2 fully saturated rings. The summed E-state index contributed by atoms with van der Waals surface area (Å²) in [7, 11) is 0. The van der Waals surface area contributed by atoms with Gasteiger partial charge in [-0.2, -0.15) is 0 Å². The number of nitrogens with one attached hydrogen (secondary N) is 1. The van der Waals surface area contributed by atoms with Crippen molar-refractivity contribution in [3.05, 3.63) is 0 Å². The molecule has 0 aromatic carbocycles. The predicted octanol–water partition coefficient (Wildman–Crippen LogP) is 3.32. The van der Waals surface area contributed by atoms with Crippen LogP contribution in [0.2, 0.25) is 0 Å². The van der Waals surface area contributed by atoms with E-state index in [0.29, 0.717) is 23.0 Å². The fourth-order valence-corrected chi connectivity index (χ4v) is 4.09. The van der Waals surface area contributed by atoms with Crippen LogP contribution < -0.4 is 5.32 Å². The maximum Gasteiger partial charge on any atom is 0.0655 e. The van der Waals surface area contributed by atoms with Crippen molar-refractivity contribution < 1.29 is 4.74 Å². The zero-order valence-corrected chi connectivity index (χ0v) is 15.4. The SMILES string of the molecule is CCCN(CC1(C)CCNC1)C1CC(OCC)C1(C)C.Cl. The quantitative estimate of drug-likeness (QED) is 0.779. The van der Waals surface area contributed by atoms with E-state index in [1.807, 2.05) is 0 Å². The van der Waals surface area contributed by atoms with Gasteiger partial charge in [-0.25, -0.2) is 0 Å². The Bertz CT molecular complexity index is 316. The topological polar surface area (TPSA) is 24.5 Å². The molecule has 1 aliphatic heterocycles. The van der Waals surface area contributed by atoms with Gasteiger partial charge in [0.05, 0.1) is 6.10 Å². The average molecular weight is 319 g/mol. The molecule has 0 radical (unpaired) electrons. The first-order valence-corrected chi connectivity index (χ1v) is 8.49. The number of hydrogen-bond acceptors (Lipinski definition) is 3. The minimum atomic E-state index is 0. The van der Waals surface area contributed by atoms with Crippen LogP contribution in [0, 0.1) is 10.8 Å². The molecule has 3 unspecified atom stereocenters. The second kappa shape index (κ2) is 7.63. The molecule has 0 spiro atoms. The third kappa shape index (κ3) is 4.13. The molecule has 1 saturated carbocycles. The summed E-state index contributed by atoms with van der Waals surface area (Å²) in [5, 5.41) is 3.53. The Kier molecular flexibility index (Phi) is 6.98. The van der Waals surface area contributed by atoms with Crippen molar-refractivity contribution in [3.63, 3.8) is 0 Å². The van der Waals surface area contributed by atoms with E-state index in [4.69, 9.17) is 4.74 Å². The molecule has 2 rings (SSSR count). The zero-order chi connectivity index (χ0) is 14.8. The van der Waals surface area contributed by atoms with Crippen LogP contribution >= 0.6 is 12.4 Å². The molecule has 3 nitrogen and oxygen atoms in total. The molecule has 1 aliphatic carbocycles. The second-order valence-electron chi connectivity index (χ2n) is 7.72. The van der Waals surface area contributed by atoms with Gasteiger partial charge in [0.2, 0.25) is 0 Å². The number of hydrogen-bond donors (Lipinski definition) is 1. The molecule has 0 aromatic rings. The van der Waals surface area contributed by atoms with Gasteiger partial charge in [0.25, 0.3) is 0 Å². The van der Waals surface area contributed by atoms with Crippen LogP contribution in [-0.4, -0.2) is 49.8 Å². The monoisotopic (exact) mass is 318 g/mol. The molecule has 1 saturated heterocycles. The van der Waals surface area contributed by atoms with Gasteiger partial charge in [0.15, 0.2) is 0 Å². The third-order valence-electron chi connectivity index (χ3n) is 5.49. The van der Waals surface area contributed by atoms with E-state index in [1.54, 1.807) is 0 Å². The zero-order valence-electron chi connectivity index (χ0n) is 14.6. The Hall–Kier alpha value is 0.170.